The normalized spacial score (nSPS) is 11.5. The average molecular weight is 377 g/mol. The van der Waals surface area contributed by atoms with Crippen LogP contribution in [-0.4, -0.2) is 41.0 Å². The first-order valence-electron chi connectivity index (χ1n) is 7.89. The van der Waals surface area contributed by atoms with E-state index in [1.807, 2.05) is 6.92 Å². The van der Waals surface area contributed by atoms with E-state index >= 15 is 0 Å². The topological polar surface area (TPSA) is 118 Å². The predicted octanol–water partition coefficient (Wildman–Crippen LogP) is 2.39. The van der Waals surface area contributed by atoms with Crippen molar-refractivity contribution in [2.75, 3.05) is 12.4 Å². The largest absolute Gasteiger partial charge is 0.497 e. The maximum absolute atomic E-state index is 12.2. The van der Waals surface area contributed by atoms with Crippen molar-refractivity contribution in [3.05, 3.63) is 40.9 Å². The van der Waals surface area contributed by atoms with Gasteiger partial charge in [-0.1, -0.05) is 13.3 Å². The number of thiazole rings is 1. The van der Waals surface area contributed by atoms with Crippen molar-refractivity contribution in [1.29, 1.82) is 0 Å². The average Bonchev–Trinajstić information content (AvgIpc) is 3.09. The smallest absolute Gasteiger partial charge is 0.326 e. The SMILES string of the molecule is CCCC(NC(=O)c1csc(NC(=O)c2ccc(OC)cc2)n1)C(=O)O. The quantitative estimate of drug-likeness (QED) is 0.650. The second-order valence-electron chi connectivity index (χ2n) is 5.37. The highest BCUT2D eigenvalue weighted by atomic mass is 32.1. The van der Waals surface area contributed by atoms with Crippen LogP contribution in [0.25, 0.3) is 0 Å². The molecule has 0 fully saturated rings. The highest BCUT2D eigenvalue weighted by Gasteiger charge is 2.21. The molecule has 1 atom stereocenters. The summed E-state index contributed by atoms with van der Waals surface area (Å²) in [6.45, 7) is 1.83. The van der Waals surface area contributed by atoms with Gasteiger partial charge >= 0.3 is 5.97 Å². The Balaban J connectivity index is 2.00. The Bertz CT molecular complexity index is 788. The Morgan fingerprint density at radius 1 is 1.23 bits per heavy atom. The first kappa shape index (κ1) is 19.4. The lowest BCUT2D eigenvalue weighted by atomic mass is 10.1. The molecule has 9 heteroatoms. The fourth-order valence-corrected chi connectivity index (χ4v) is 2.81. The second-order valence-corrected chi connectivity index (χ2v) is 6.23. The van der Waals surface area contributed by atoms with Gasteiger partial charge in [0.25, 0.3) is 11.8 Å². The predicted molar refractivity (Wildman–Crippen MR) is 96.9 cm³/mol. The summed E-state index contributed by atoms with van der Waals surface area (Å²) in [5.41, 5.74) is 0.475. The van der Waals surface area contributed by atoms with Crippen LogP contribution in [0.15, 0.2) is 29.6 Å². The number of nitrogens with zero attached hydrogens (tertiary/aromatic N) is 1. The molecule has 2 amide bonds. The number of benzene rings is 1. The standard InChI is InChI=1S/C17H19N3O5S/c1-3-4-12(16(23)24)18-15(22)13-9-26-17(19-13)20-14(21)10-5-7-11(25-2)8-6-10/h5-9,12H,3-4H2,1-2H3,(H,18,22)(H,23,24)(H,19,20,21). The molecule has 2 rings (SSSR count). The third-order valence-electron chi connectivity index (χ3n) is 3.49. The van der Waals surface area contributed by atoms with Crippen LogP contribution in [0.3, 0.4) is 0 Å². The van der Waals surface area contributed by atoms with Crippen LogP contribution < -0.4 is 15.4 Å². The molecule has 1 heterocycles. The maximum Gasteiger partial charge on any atom is 0.326 e. The number of amides is 2. The van der Waals surface area contributed by atoms with Crippen LogP contribution in [0.4, 0.5) is 5.13 Å². The number of methoxy groups -OCH3 is 1. The van der Waals surface area contributed by atoms with E-state index < -0.39 is 17.9 Å². The number of aromatic nitrogens is 1. The molecular formula is C17H19N3O5S. The number of carbonyl (C=O) groups excluding carboxylic acids is 2. The van der Waals surface area contributed by atoms with E-state index in [-0.39, 0.29) is 16.7 Å². The Kier molecular flexibility index (Phi) is 6.67. The Morgan fingerprint density at radius 2 is 1.92 bits per heavy atom. The maximum atomic E-state index is 12.2. The van der Waals surface area contributed by atoms with E-state index in [0.29, 0.717) is 24.2 Å². The molecule has 2 aromatic rings. The molecule has 1 aromatic heterocycles. The number of hydrogen-bond donors (Lipinski definition) is 3. The number of ether oxygens (including phenoxy) is 1. The number of carboxylic acid groups (broad SMARTS) is 1. The number of aliphatic carboxylic acids is 1. The van der Waals surface area contributed by atoms with Gasteiger partial charge in [0.05, 0.1) is 7.11 Å². The summed E-state index contributed by atoms with van der Waals surface area (Å²) < 4.78 is 5.03. The van der Waals surface area contributed by atoms with E-state index in [4.69, 9.17) is 9.84 Å². The lowest BCUT2D eigenvalue weighted by Crippen LogP contribution is -2.40. The van der Waals surface area contributed by atoms with Gasteiger partial charge in [-0.2, -0.15) is 0 Å². The molecule has 0 saturated heterocycles. The highest BCUT2D eigenvalue weighted by molar-refractivity contribution is 7.14. The highest BCUT2D eigenvalue weighted by Crippen LogP contribution is 2.18. The van der Waals surface area contributed by atoms with E-state index in [2.05, 4.69) is 15.6 Å². The van der Waals surface area contributed by atoms with E-state index in [0.717, 1.165) is 11.3 Å². The van der Waals surface area contributed by atoms with E-state index in [1.54, 1.807) is 24.3 Å². The van der Waals surface area contributed by atoms with Crippen molar-refractivity contribution in [2.24, 2.45) is 0 Å². The van der Waals surface area contributed by atoms with Crippen molar-refractivity contribution < 1.29 is 24.2 Å². The van der Waals surface area contributed by atoms with Gasteiger partial charge in [0.1, 0.15) is 17.5 Å². The summed E-state index contributed by atoms with van der Waals surface area (Å²) in [6.07, 6.45) is 0.948. The van der Waals surface area contributed by atoms with Crippen LogP contribution in [0.5, 0.6) is 5.75 Å². The number of carboxylic acids is 1. The third-order valence-corrected chi connectivity index (χ3v) is 4.25. The molecule has 0 radical (unpaired) electrons. The van der Waals surface area contributed by atoms with Gasteiger partial charge in [-0.3, -0.25) is 14.9 Å². The van der Waals surface area contributed by atoms with Crippen LogP contribution in [0.1, 0.15) is 40.6 Å². The van der Waals surface area contributed by atoms with Gasteiger partial charge in [0.15, 0.2) is 5.13 Å². The van der Waals surface area contributed by atoms with Gasteiger partial charge in [-0.25, -0.2) is 9.78 Å². The first-order valence-corrected chi connectivity index (χ1v) is 8.77. The molecule has 3 N–H and O–H groups in total. The third kappa shape index (κ3) is 5.03. The van der Waals surface area contributed by atoms with Crippen LogP contribution in [-0.2, 0) is 4.79 Å². The van der Waals surface area contributed by atoms with Crippen molar-refractivity contribution >= 4 is 34.3 Å². The van der Waals surface area contributed by atoms with Gasteiger partial charge in [0, 0.05) is 10.9 Å². The molecule has 26 heavy (non-hydrogen) atoms. The Morgan fingerprint density at radius 3 is 2.50 bits per heavy atom. The number of carbonyl (C=O) groups is 3. The summed E-state index contributed by atoms with van der Waals surface area (Å²) in [6, 6.07) is 5.58. The summed E-state index contributed by atoms with van der Waals surface area (Å²) in [7, 11) is 1.53. The van der Waals surface area contributed by atoms with Crippen molar-refractivity contribution in [2.45, 2.75) is 25.8 Å². The molecule has 8 nitrogen and oxygen atoms in total. The molecule has 0 bridgehead atoms. The molecule has 0 saturated carbocycles. The van der Waals surface area contributed by atoms with Crippen molar-refractivity contribution in [1.82, 2.24) is 10.3 Å². The number of nitrogens with one attached hydrogen (secondary N) is 2. The van der Waals surface area contributed by atoms with Gasteiger partial charge < -0.3 is 15.2 Å². The second kappa shape index (κ2) is 8.95. The zero-order chi connectivity index (χ0) is 19.1. The molecule has 0 spiro atoms. The number of hydrogen-bond acceptors (Lipinski definition) is 6. The monoisotopic (exact) mass is 377 g/mol. The molecule has 138 valence electrons. The zero-order valence-corrected chi connectivity index (χ0v) is 15.1. The minimum Gasteiger partial charge on any atom is -0.497 e. The van der Waals surface area contributed by atoms with Crippen molar-refractivity contribution in [3.63, 3.8) is 0 Å². The molecule has 1 unspecified atom stereocenters. The summed E-state index contributed by atoms with van der Waals surface area (Å²) in [5.74, 6) is -1.42. The van der Waals surface area contributed by atoms with Crippen LogP contribution in [0.2, 0.25) is 0 Å². The number of anilines is 1. The van der Waals surface area contributed by atoms with Crippen molar-refractivity contribution in [3.8, 4) is 5.75 Å². The molecular weight excluding hydrogens is 358 g/mol. The summed E-state index contributed by atoms with van der Waals surface area (Å²) in [5, 5.41) is 15.8. The lowest BCUT2D eigenvalue weighted by molar-refractivity contribution is -0.139. The molecule has 0 aliphatic heterocycles. The fraction of sp³-hybridized carbons (Fsp3) is 0.294. The Hall–Kier alpha value is -2.94. The van der Waals surface area contributed by atoms with E-state index in [1.165, 1.54) is 12.5 Å². The molecule has 0 aliphatic rings. The van der Waals surface area contributed by atoms with E-state index in [9.17, 15) is 14.4 Å². The lowest BCUT2D eigenvalue weighted by Gasteiger charge is -2.12. The van der Waals surface area contributed by atoms with Gasteiger partial charge in [-0.15, -0.1) is 11.3 Å². The minimum atomic E-state index is -1.09. The fourth-order valence-electron chi connectivity index (χ4n) is 2.13. The Labute approximate surface area is 154 Å². The first-order chi connectivity index (χ1) is 12.4. The minimum absolute atomic E-state index is 0.0578. The van der Waals surface area contributed by atoms with Crippen LogP contribution >= 0.6 is 11.3 Å². The number of rotatable bonds is 8. The summed E-state index contributed by atoms with van der Waals surface area (Å²) >= 11 is 1.08. The van der Waals surface area contributed by atoms with Crippen LogP contribution in [0, 0.1) is 0 Å². The molecule has 0 aliphatic carbocycles. The zero-order valence-electron chi connectivity index (χ0n) is 14.3. The van der Waals surface area contributed by atoms with Gasteiger partial charge in [-0.05, 0) is 30.7 Å². The molecule has 1 aromatic carbocycles. The summed E-state index contributed by atoms with van der Waals surface area (Å²) in [4.78, 5) is 39.4. The van der Waals surface area contributed by atoms with Gasteiger partial charge in [0.2, 0.25) is 0 Å².